The zero-order chi connectivity index (χ0) is 23.4. The minimum atomic E-state index is -0.232. The molecule has 1 atom stereocenters. The first-order valence-electron chi connectivity index (χ1n) is 11.0. The Morgan fingerprint density at radius 2 is 1.97 bits per heavy atom. The van der Waals surface area contributed by atoms with E-state index in [-0.39, 0.29) is 11.9 Å². The fraction of sp³-hybridized carbons (Fsp3) is 0.269. The first kappa shape index (κ1) is 22.5. The number of aryl methyl sites for hydroxylation is 1. The van der Waals surface area contributed by atoms with Crippen LogP contribution in [0.15, 0.2) is 60.8 Å². The van der Waals surface area contributed by atoms with Crippen molar-refractivity contribution in [2.45, 2.75) is 19.9 Å². The topological polar surface area (TPSA) is 83.1 Å². The largest absolute Gasteiger partial charge is 0.492 e. The molecule has 1 amide bonds. The number of nitrogens with one attached hydrogen (secondary N) is 2. The van der Waals surface area contributed by atoms with Crippen molar-refractivity contribution in [1.82, 2.24) is 25.4 Å². The van der Waals surface area contributed by atoms with Crippen molar-refractivity contribution < 1.29 is 9.53 Å². The number of H-pyrrole nitrogens is 1. The molecule has 0 fully saturated rings. The number of aromatic nitrogens is 3. The van der Waals surface area contributed by atoms with Gasteiger partial charge >= 0.3 is 0 Å². The van der Waals surface area contributed by atoms with Crippen LogP contribution in [0.3, 0.4) is 0 Å². The second-order valence-electron chi connectivity index (χ2n) is 8.41. The van der Waals surface area contributed by atoms with E-state index in [0.29, 0.717) is 17.9 Å². The van der Waals surface area contributed by atoms with E-state index < -0.39 is 0 Å². The summed E-state index contributed by atoms with van der Waals surface area (Å²) in [6, 6.07) is 17.2. The van der Waals surface area contributed by atoms with E-state index in [9.17, 15) is 4.79 Å². The molecule has 33 heavy (non-hydrogen) atoms. The van der Waals surface area contributed by atoms with E-state index in [1.807, 2.05) is 82.5 Å². The Hall–Kier alpha value is -3.71. The standard InChI is InChI=1S/C26H29N5O2/c1-17-9-10-19(33-14-13-31(3)4)15-21(17)26(32)28-18(2)22-16-25(24-11-12-27-30-24)29-23-8-6-5-7-20(22)23/h5-12,15-16,18H,13-14H2,1-4H3,(H,27,30)(H,28,32). The Balaban J connectivity index is 1.60. The molecule has 0 aliphatic heterocycles. The summed E-state index contributed by atoms with van der Waals surface area (Å²) >= 11 is 0. The third-order valence-electron chi connectivity index (χ3n) is 5.60. The highest BCUT2D eigenvalue weighted by molar-refractivity contribution is 5.96. The summed E-state index contributed by atoms with van der Waals surface area (Å²) in [5.74, 6) is 0.554. The van der Waals surface area contributed by atoms with Crippen LogP contribution in [-0.2, 0) is 0 Å². The summed E-state index contributed by atoms with van der Waals surface area (Å²) in [5.41, 5.74) is 4.99. The van der Waals surface area contributed by atoms with Crippen molar-refractivity contribution in [2.24, 2.45) is 0 Å². The fourth-order valence-electron chi connectivity index (χ4n) is 3.73. The van der Waals surface area contributed by atoms with Crippen molar-refractivity contribution in [3.05, 3.63) is 77.5 Å². The van der Waals surface area contributed by atoms with E-state index in [4.69, 9.17) is 9.72 Å². The highest BCUT2D eigenvalue weighted by Gasteiger charge is 2.18. The average molecular weight is 444 g/mol. The van der Waals surface area contributed by atoms with E-state index in [2.05, 4.69) is 20.4 Å². The molecule has 0 bridgehead atoms. The van der Waals surface area contributed by atoms with Crippen molar-refractivity contribution in [1.29, 1.82) is 0 Å². The minimum Gasteiger partial charge on any atom is -0.492 e. The Morgan fingerprint density at radius 3 is 2.73 bits per heavy atom. The fourth-order valence-corrected chi connectivity index (χ4v) is 3.73. The number of hydrogen-bond donors (Lipinski definition) is 2. The lowest BCUT2D eigenvalue weighted by Crippen LogP contribution is -2.27. The maximum absolute atomic E-state index is 13.2. The van der Waals surface area contributed by atoms with Gasteiger partial charge in [0.25, 0.3) is 5.91 Å². The number of aromatic amines is 1. The first-order valence-corrected chi connectivity index (χ1v) is 11.0. The molecule has 2 aromatic heterocycles. The summed E-state index contributed by atoms with van der Waals surface area (Å²) in [5, 5.41) is 11.2. The molecule has 4 aromatic rings. The number of para-hydroxylation sites is 1. The van der Waals surface area contributed by atoms with E-state index in [1.165, 1.54) is 0 Å². The van der Waals surface area contributed by atoms with Crippen LogP contribution < -0.4 is 10.1 Å². The zero-order valence-corrected chi connectivity index (χ0v) is 19.4. The van der Waals surface area contributed by atoms with Gasteiger partial charge < -0.3 is 15.0 Å². The molecular formula is C26H29N5O2. The number of amides is 1. The summed E-state index contributed by atoms with van der Waals surface area (Å²) in [4.78, 5) is 20.0. The van der Waals surface area contributed by atoms with Gasteiger partial charge in [0.1, 0.15) is 12.4 Å². The van der Waals surface area contributed by atoms with Crippen LogP contribution in [0.5, 0.6) is 5.75 Å². The van der Waals surface area contributed by atoms with Gasteiger partial charge in [0.15, 0.2) is 0 Å². The zero-order valence-electron chi connectivity index (χ0n) is 19.4. The Bertz CT molecular complexity index is 1250. The molecule has 2 heterocycles. The highest BCUT2D eigenvalue weighted by Crippen LogP contribution is 2.28. The minimum absolute atomic E-state index is 0.137. The van der Waals surface area contributed by atoms with Gasteiger partial charge in [-0.3, -0.25) is 9.89 Å². The molecule has 0 saturated heterocycles. The summed E-state index contributed by atoms with van der Waals surface area (Å²) in [6.45, 7) is 5.29. The van der Waals surface area contributed by atoms with Crippen LogP contribution in [0.25, 0.3) is 22.3 Å². The van der Waals surface area contributed by atoms with Gasteiger partial charge in [-0.05, 0) is 69.4 Å². The molecule has 0 aliphatic carbocycles. The number of ether oxygens (including phenoxy) is 1. The summed E-state index contributed by atoms with van der Waals surface area (Å²) in [6.07, 6.45) is 1.70. The lowest BCUT2D eigenvalue weighted by molar-refractivity contribution is 0.0939. The van der Waals surface area contributed by atoms with Crippen LogP contribution in [0.2, 0.25) is 0 Å². The molecule has 0 saturated carbocycles. The van der Waals surface area contributed by atoms with Crippen molar-refractivity contribution in [2.75, 3.05) is 27.2 Å². The third-order valence-corrected chi connectivity index (χ3v) is 5.60. The third kappa shape index (κ3) is 5.21. The molecule has 170 valence electrons. The maximum Gasteiger partial charge on any atom is 0.252 e. The predicted octanol–water partition coefficient (Wildman–Crippen LogP) is 4.36. The first-order chi connectivity index (χ1) is 15.9. The number of hydrogen-bond acceptors (Lipinski definition) is 5. The van der Waals surface area contributed by atoms with Crippen LogP contribution in [0, 0.1) is 6.92 Å². The van der Waals surface area contributed by atoms with Gasteiger partial charge in [-0.1, -0.05) is 24.3 Å². The second kappa shape index (κ2) is 9.83. The Labute approximate surface area is 193 Å². The average Bonchev–Trinajstić information content (AvgIpc) is 3.34. The van der Waals surface area contributed by atoms with Gasteiger partial charge in [-0.15, -0.1) is 0 Å². The highest BCUT2D eigenvalue weighted by atomic mass is 16.5. The van der Waals surface area contributed by atoms with Crippen LogP contribution in [0.4, 0.5) is 0 Å². The summed E-state index contributed by atoms with van der Waals surface area (Å²) in [7, 11) is 4.00. The lowest BCUT2D eigenvalue weighted by atomic mass is 10.00. The molecular weight excluding hydrogens is 414 g/mol. The van der Waals surface area contributed by atoms with Crippen molar-refractivity contribution >= 4 is 16.8 Å². The van der Waals surface area contributed by atoms with Gasteiger partial charge in [0.2, 0.25) is 0 Å². The van der Waals surface area contributed by atoms with Crippen LogP contribution >= 0.6 is 0 Å². The lowest BCUT2D eigenvalue weighted by Gasteiger charge is -2.19. The quantitative estimate of drug-likeness (QED) is 0.423. The number of pyridine rings is 1. The smallest absolute Gasteiger partial charge is 0.252 e. The predicted molar refractivity (Wildman–Crippen MR) is 130 cm³/mol. The number of nitrogens with zero attached hydrogens (tertiary/aromatic N) is 3. The number of carbonyl (C=O) groups is 1. The maximum atomic E-state index is 13.2. The SMILES string of the molecule is Cc1ccc(OCCN(C)C)cc1C(=O)NC(C)c1cc(-c2ccn[nH]2)nc2ccccc12. The molecule has 0 spiro atoms. The molecule has 0 radical (unpaired) electrons. The summed E-state index contributed by atoms with van der Waals surface area (Å²) < 4.78 is 5.83. The molecule has 7 heteroatoms. The Kier molecular flexibility index (Phi) is 6.70. The van der Waals surface area contributed by atoms with Crippen LogP contribution in [-0.4, -0.2) is 53.2 Å². The molecule has 2 aromatic carbocycles. The van der Waals surface area contributed by atoms with Crippen molar-refractivity contribution in [3.63, 3.8) is 0 Å². The molecule has 0 aliphatic rings. The molecule has 2 N–H and O–H groups in total. The van der Waals surface area contributed by atoms with Crippen molar-refractivity contribution in [3.8, 4) is 17.1 Å². The number of fused-ring (bicyclic) bond motifs is 1. The molecule has 1 unspecified atom stereocenters. The van der Waals surface area contributed by atoms with Crippen LogP contribution in [0.1, 0.15) is 34.5 Å². The van der Waals surface area contributed by atoms with Gasteiger partial charge in [0.05, 0.1) is 22.9 Å². The van der Waals surface area contributed by atoms with E-state index in [0.717, 1.165) is 40.0 Å². The number of rotatable bonds is 8. The normalized spacial score (nSPS) is 12.2. The van der Waals surface area contributed by atoms with E-state index >= 15 is 0 Å². The Morgan fingerprint density at radius 1 is 1.15 bits per heavy atom. The number of benzene rings is 2. The second-order valence-corrected chi connectivity index (χ2v) is 8.41. The number of carbonyl (C=O) groups excluding carboxylic acids is 1. The monoisotopic (exact) mass is 443 g/mol. The van der Waals surface area contributed by atoms with Gasteiger partial charge in [0, 0.05) is 23.7 Å². The molecule has 7 nitrogen and oxygen atoms in total. The van der Waals surface area contributed by atoms with Gasteiger partial charge in [-0.25, -0.2) is 4.98 Å². The molecule has 4 rings (SSSR count). The van der Waals surface area contributed by atoms with Gasteiger partial charge in [-0.2, -0.15) is 5.10 Å². The number of likely N-dealkylation sites (N-methyl/N-ethyl adjacent to an activating group) is 1. The van der Waals surface area contributed by atoms with E-state index in [1.54, 1.807) is 6.20 Å².